The number of aryl methyl sites for hydroxylation is 1. The minimum atomic E-state index is -0.478. The second-order valence-electron chi connectivity index (χ2n) is 5.39. The Kier molecular flexibility index (Phi) is 3.80. The number of aliphatic hydroxyl groups excluding tert-OH is 1. The van der Waals surface area contributed by atoms with E-state index in [4.69, 9.17) is 0 Å². The Balaban J connectivity index is 2.46. The van der Waals surface area contributed by atoms with Gasteiger partial charge in [-0.1, -0.05) is 12.1 Å². The maximum Gasteiger partial charge on any atom is 0.247 e. The number of amides is 1. The van der Waals surface area contributed by atoms with E-state index in [-0.39, 0.29) is 18.6 Å². The van der Waals surface area contributed by atoms with Gasteiger partial charge in [0.25, 0.3) is 0 Å². The van der Waals surface area contributed by atoms with E-state index >= 15 is 0 Å². The SMILES string of the molecule is Cc1cccc(N2C(C)CN(C)C(=O)C2CO)c1C. The van der Waals surface area contributed by atoms with Crippen LogP contribution in [0.2, 0.25) is 0 Å². The fraction of sp³-hybridized carbons (Fsp3) is 0.533. The van der Waals surface area contributed by atoms with Crippen LogP contribution in [0.5, 0.6) is 0 Å². The highest BCUT2D eigenvalue weighted by molar-refractivity contribution is 5.87. The van der Waals surface area contributed by atoms with Crippen LogP contribution in [0.15, 0.2) is 18.2 Å². The third-order valence-corrected chi connectivity index (χ3v) is 4.04. The first-order chi connectivity index (χ1) is 8.97. The van der Waals surface area contributed by atoms with Gasteiger partial charge in [-0.3, -0.25) is 4.79 Å². The topological polar surface area (TPSA) is 43.8 Å². The Hall–Kier alpha value is -1.55. The molecule has 1 aromatic carbocycles. The molecule has 1 heterocycles. The Labute approximate surface area is 114 Å². The molecule has 0 saturated carbocycles. The van der Waals surface area contributed by atoms with Gasteiger partial charge < -0.3 is 14.9 Å². The van der Waals surface area contributed by atoms with Crippen LogP contribution in [0.25, 0.3) is 0 Å². The third-order valence-electron chi connectivity index (χ3n) is 4.04. The molecule has 0 radical (unpaired) electrons. The average molecular weight is 262 g/mol. The predicted octanol–water partition coefficient (Wildman–Crippen LogP) is 1.33. The number of anilines is 1. The van der Waals surface area contributed by atoms with E-state index in [0.717, 1.165) is 5.69 Å². The standard InChI is InChI=1S/C15H22N2O2/c1-10-6-5-7-13(12(10)3)17-11(2)8-16(4)15(19)14(17)9-18/h5-7,11,14,18H,8-9H2,1-4H3. The summed E-state index contributed by atoms with van der Waals surface area (Å²) in [5.74, 6) is -0.0125. The van der Waals surface area contributed by atoms with Gasteiger partial charge in [-0.25, -0.2) is 0 Å². The quantitative estimate of drug-likeness (QED) is 0.874. The Morgan fingerprint density at radius 3 is 2.68 bits per heavy atom. The maximum absolute atomic E-state index is 12.2. The van der Waals surface area contributed by atoms with Crippen molar-refractivity contribution in [3.63, 3.8) is 0 Å². The lowest BCUT2D eigenvalue weighted by Crippen LogP contribution is -2.61. The van der Waals surface area contributed by atoms with Crippen LogP contribution in [-0.4, -0.2) is 48.2 Å². The highest BCUT2D eigenvalue weighted by atomic mass is 16.3. The molecule has 0 bridgehead atoms. The second-order valence-corrected chi connectivity index (χ2v) is 5.39. The van der Waals surface area contributed by atoms with Gasteiger partial charge in [-0.15, -0.1) is 0 Å². The third kappa shape index (κ3) is 2.32. The van der Waals surface area contributed by atoms with Crippen molar-refractivity contribution in [1.29, 1.82) is 0 Å². The van der Waals surface area contributed by atoms with Gasteiger partial charge in [0.2, 0.25) is 5.91 Å². The van der Waals surface area contributed by atoms with Gasteiger partial charge in [0.1, 0.15) is 6.04 Å². The van der Waals surface area contributed by atoms with Crippen molar-refractivity contribution in [3.8, 4) is 0 Å². The number of nitrogens with zero attached hydrogens (tertiary/aromatic N) is 2. The number of carbonyl (C=O) groups excluding carboxylic acids is 1. The summed E-state index contributed by atoms with van der Waals surface area (Å²) < 4.78 is 0. The molecule has 0 aromatic heterocycles. The van der Waals surface area contributed by atoms with Crippen LogP contribution >= 0.6 is 0 Å². The molecule has 1 aliphatic heterocycles. The molecule has 19 heavy (non-hydrogen) atoms. The summed E-state index contributed by atoms with van der Waals surface area (Å²) in [5.41, 5.74) is 3.42. The molecular weight excluding hydrogens is 240 g/mol. The van der Waals surface area contributed by atoms with Gasteiger partial charge in [-0.2, -0.15) is 0 Å². The summed E-state index contributed by atoms with van der Waals surface area (Å²) in [5, 5.41) is 9.60. The van der Waals surface area contributed by atoms with Crippen molar-refractivity contribution < 1.29 is 9.90 Å². The second kappa shape index (κ2) is 5.21. The van der Waals surface area contributed by atoms with Crippen molar-refractivity contribution in [2.75, 3.05) is 25.1 Å². The molecule has 1 aromatic rings. The summed E-state index contributed by atoms with van der Waals surface area (Å²) in [7, 11) is 1.79. The highest BCUT2D eigenvalue weighted by Gasteiger charge is 2.37. The van der Waals surface area contributed by atoms with Crippen molar-refractivity contribution >= 4 is 11.6 Å². The molecule has 2 unspecified atom stereocenters. The van der Waals surface area contributed by atoms with E-state index in [1.807, 2.05) is 12.1 Å². The summed E-state index contributed by atoms with van der Waals surface area (Å²) in [4.78, 5) is 16.0. The van der Waals surface area contributed by atoms with Gasteiger partial charge >= 0.3 is 0 Å². The van der Waals surface area contributed by atoms with Crippen LogP contribution in [0.3, 0.4) is 0 Å². The van der Waals surface area contributed by atoms with Crippen molar-refractivity contribution in [2.24, 2.45) is 0 Å². The predicted molar refractivity (Wildman–Crippen MR) is 76.4 cm³/mol. The summed E-state index contributed by atoms with van der Waals surface area (Å²) in [6.45, 7) is 6.75. The number of aliphatic hydroxyl groups is 1. The van der Waals surface area contributed by atoms with E-state index in [1.165, 1.54) is 11.1 Å². The van der Waals surface area contributed by atoms with Crippen LogP contribution in [0.4, 0.5) is 5.69 Å². The van der Waals surface area contributed by atoms with E-state index in [9.17, 15) is 9.90 Å². The number of hydrogen-bond donors (Lipinski definition) is 1. The van der Waals surface area contributed by atoms with Crippen LogP contribution < -0.4 is 4.90 Å². The minimum absolute atomic E-state index is 0.0125. The highest BCUT2D eigenvalue weighted by Crippen LogP contribution is 2.29. The zero-order valence-electron chi connectivity index (χ0n) is 12.1. The molecule has 4 heteroatoms. The monoisotopic (exact) mass is 262 g/mol. The zero-order valence-corrected chi connectivity index (χ0v) is 12.1. The lowest BCUT2D eigenvalue weighted by Gasteiger charge is -2.45. The molecule has 1 saturated heterocycles. The van der Waals surface area contributed by atoms with Crippen molar-refractivity contribution in [3.05, 3.63) is 29.3 Å². The van der Waals surface area contributed by atoms with Gasteiger partial charge in [0.05, 0.1) is 6.61 Å². The molecule has 0 spiro atoms. The van der Waals surface area contributed by atoms with Gasteiger partial charge in [0.15, 0.2) is 0 Å². The molecule has 1 amide bonds. The first kappa shape index (κ1) is 13.9. The minimum Gasteiger partial charge on any atom is -0.394 e. The molecule has 2 atom stereocenters. The van der Waals surface area contributed by atoms with Crippen LogP contribution in [0.1, 0.15) is 18.1 Å². The number of likely N-dealkylation sites (N-methyl/N-ethyl adjacent to an activating group) is 1. The number of piperazine rings is 1. The van der Waals surface area contributed by atoms with Crippen molar-refractivity contribution in [2.45, 2.75) is 32.9 Å². The molecule has 1 aliphatic rings. The number of hydrogen-bond acceptors (Lipinski definition) is 3. The van der Waals surface area contributed by atoms with E-state index in [0.29, 0.717) is 6.54 Å². The first-order valence-corrected chi connectivity index (χ1v) is 6.67. The fourth-order valence-electron chi connectivity index (χ4n) is 2.84. The van der Waals surface area contributed by atoms with Gasteiger partial charge in [-0.05, 0) is 38.0 Å². The summed E-state index contributed by atoms with van der Waals surface area (Å²) in [6, 6.07) is 5.81. The molecule has 1 N–H and O–H groups in total. The first-order valence-electron chi connectivity index (χ1n) is 6.67. The molecule has 0 aliphatic carbocycles. The summed E-state index contributed by atoms with van der Waals surface area (Å²) in [6.07, 6.45) is 0. The van der Waals surface area contributed by atoms with Gasteiger partial charge in [0, 0.05) is 25.3 Å². The largest absolute Gasteiger partial charge is 0.394 e. The normalized spacial score (nSPS) is 23.9. The van der Waals surface area contributed by atoms with Crippen LogP contribution in [0, 0.1) is 13.8 Å². The Morgan fingerprint density at radius 2 is 2.05 bits per heavy atom. The van der Waals surface area contributed by atoms with E-state index in [2.05, 4.69) is 31.7 Å². The lowest BCUT2D eigenvalue weighted by molar-refractivity contribution is -0.134. The molecule has 104 valence electrons. The lowest BCUT2D eigenvalue weighted by atomic mass is 10.0. The molecular formula is C15H22N2O2. The smallest absolute Gasteiger partial charge is 0.247 e. The Bertz CT molecular complexity index is 487. The maximum atomic E-state index is 12.2. The molecule has 4 nitrogen and oxygen atoms in total. The van der Waals surface area contributed by atoms with E-state index in [1.54, 1.807) is 11.9 Å². The molecule has 1 fully saturated rings. The Morgan fingerprint density at radius 1 is 1.37 bits per heavy atom. The van der Waals surface area contributed by atoms with Crippen LogP contribution in [-0.2, 0) is 4.79 Å². The van der Waals surface area contributed by atoms with E-state index < -0.39 is 6.04 Å². The number of carbonyl (C=O) groups is 1. The average Bonchev–Trinajstić information content (AvgIpc) is 2.37. The number of benzene rings is 1. The molecule has 2 rings (SSSR count). The van der Waals surface area contributed by atoms with Crippen molar-refractivity contribution in [1.82, 2.24) is 4.90 Å². The zero-order chi connectivity index (χ0) is 14.2. The number of rotatable bonds is 2. The summed E-state index contributed by atoms with van der Waals surface area (Å²) >= 11 is 0. The fourth-order valence-corrected chi connectivity index (χ4v) is 2.84.